The summed E-state index contributed by atoms with van der Waals surface area (Å²) in [4.78, 5) is 9.34. The van der Waals surface area contributed by atoms with E-state index in [-0.39, 0.29) is 17.4 Å². The molecule has 1 fully saturated rings. The van der Waals surface area contributed by atoms with Crippen molar-refractivity contribution in [2.24, 2.45) is 0 Å². The molecule has 0 aliphatic carbocycles. The molecule has 158 valence electrons. The van der Waals surface area contributed by atoms with E-state index in [0.29, 0.717) is 38.2 Å². The van der Waals surface area contributed by atoms with Crippen molar-refractivity contribution < 1.29 is 31.4 Å². The molecule has 1 aromatic carbocycles. The Labute approximate surface area is 162 Å². The lowest BCUT2D eigenvalue weighted by Gasteiger charge is -2.29. The van der Waals surface area contributed by atoms with Gasteiger partial charge in [-0.25, -0.2) is 4.98 Å². The van der Waals surface area contributed by atoms with E-state index in [1.807, 2.05) is 4.90 Å². The summed E-state index contributed by atoms with van der Waals surface area (Å²) in [5, 5.41) is 4.98. The first kappa shape index (κ1) is 20.8. The maximum absolute atomic E-state index is 13.0. The van der Waals surface area contributed by atoms with Gasteiger partial charge in [0.25, 0.3) is 0 Å². The van der Waals surface area contributed by atoms with Gasteiger partial charge in [-0.1, -0.05) is 0 Å². The Bertz CT molecular complexity index is 843. The predicted molar refractivity (Wildman–Crippen MR) is 96.0 cm³/mol. The first-order valence-electron chi connectivity index (χ1n) is 8.58. The van der Waals surface area contributed by atoms with Crippen molar-refractivity contribution in [1.82, 2.24) is 9.97 Å². The Morgan fingerprint density at radius 3 is 2.55 bits per heavy atom. The van der Waals surface area contributed by atoms with Crippen LogP contribution in [0, 0.1) is 0 Å². The fourth-order valence-corrected chi connectivity index (χ4v) is 2.79. The quantitative estimate of drug-likeness (QED) is 0.692. The zero-order chi connectivity index (χ0) is 21.0. The summed E-state index contributed by atoms with van der Waals surface area (Å²) in [5.41, 5.74) is -0.305. The number of benzene rings is 1. The molecule has 0 amide bonds. The summed E-state index contributed by atoms with van der Waals surface area (Å²) >= 11 is 0. The smallest absolute Gasteiger partial charge is 0.421 e. The number of ether oxygens (including phenoxy) is 2. The van der Waals surface area contributed by atoms with Gasteiger partial charge in [-0.15, -0.1) is 0 Å². The van der Waals surface area contributed by atoms with Gasteiger partial charge in [-0.05, 0) is 12.1 Å². The minimum absolute atomic E-state index is 0.0871. The average Bonchev–Trinajstić information content (AvgIpc) is 2.68. The number of nitrogens with one attached hydrogen (secondary N) is 2. The fourth-order valence-electron chi connectivity index (χ4n) is 2.79. The first-order chi connectivity index (χ1) is 13.8. The molecule has 1 aliphatic heterocycles. The Morgan fingerprint density at radius 1 is 1.21 bits per heavy atom. The Hall–Kier alpha value is -2.89. The molecule has 0 radical (unpaired) electrons. The van der Waals surface area contributed by atoms with Gasteiger partial charge in [0.15, 0.2) is 5.75 Å². The number of hydrogen-bond acceptors (Lipinski definition) is 7. The monoisotopic (exact) mass is 419 g/mol. The van der Waals surface area contributed by atoms with Gasteiger partial charge >= 0.3 is 12.8 Å². The van der Waals surface area contributed by atoms with Crippen LogP contribution in [-0.2, 0) is 10.9 Å². The van der Waals surface area contributed by atoms with Crippen LogP contribution in [0.4, 0.5) is 45.1 Å². The van der Waals surface area contributed by atoms with Crippen LogP contribution >= 0.6 is 0 Å². The van der Waals surface area contributed by atoms with E-state index in [4.69, 9.17) is 4.74 Å². The maximum Gasteiger partial charge on any atom is 0.421 e. The van der Waals surface area contributed by atoms with E-state index in [1.165, 1.54) is 19.2 Å². The van der Waals surface area contributed by atoms with E-state index in [0.717, 1.165) is 0 Å². The zero-order valence-corrected chi connectivity index (χ0v) is 15.3. The van der Waals surface area contributed by atoms with Crippen molar-refractivity contribution in [3.8, 4) is 5.75 Å². The van der Waals surface area contributed by atoms with Crippen LogP contribution in [0.25, 0.3) is 0 Å². The normalized spacial score (nSPS) is 14.8. The van der Waals surface area contributed by atoms with Crippen LogP contribution in [-0.4, -0.2) is 49.9 Å². The summed E-state index contributed by atoms with van der Waals surface area (Å²) in [7, 11) is 1.28. The number of aromatic nitrogens is 2. The number of anilines is 4. The van der Waals surface area contributed by atoms with Gasteiger partial charge < -0.3 is 25.0 Å². The number of nitrogens with zero attached hydrogens (tertiary/aromatic N) is 3. The van der Waals surface area contributed by atoms with E-state index < -0.39 is 24.2 Å². The molecule has 29 heavy (non-hydrogen) atoms. The van der Waals surface area contributed by atoms with Crippen LogP contribution in [0.1, 0.15) is 5.56 Å². The second kappa shape index (κ2) is 8.64. The SMILES string of the molecule is CNc1nc(Nc2ccc(N3CCOCC3)cc2OC(F)F)ncc1C(F)(F)F. The summed E-state index contributed by atoms with van der Waals surface area (Å²) in [6.07, 6.45) is -4.03. The lowest BCUT2D eigenvalue weighted by molar-refractivity contribution is -0.137. The largest absolute Gasteiger partial charge is 0.433 e. The fraction of sp³-hybridized carbons (Fsp3) is 0.412. The molecule has 7 nitrogen and oxygen atoms in total. The highest BCUT2D eigenvalue weighted by Gasteiger charge is 2.35. The highest BCUT2D eigenvalue weighted by atomic mass is 19.4. The van der Waals surface area contributed by atoms with Crippen molar-refractivity contribution in [2.75, 3.05) is 48.9 Å². The number of hydrogen-bond donors (Lipinski definition) is 2. The number of halogens is 5. The Balaban J connectivity index is 1.89. The van der Waals surface area contributed by atoms with E-state index >= 15 is 0 Å². The molecular weight excluding hydrogens is 401 g/mol. The number of rotatable bonds is 6. The minimum atomic E-state index is -4.64. The predicted octanol–water partition coefficient (Wildman–Crippen LogP) is 3.72. The molecule has 2 N–H and O–H groups in total. The van der Waals surface area contributed by atoms with Crippen molar-refractivity contribution in [3.63, 3.8) is 0 Å². The second-order valence-electron chi connectivity index (χ2n) is 5.99. The van der Waals surface area contributed by atoms with E-state index in [2.05, 4.69) is 25.3 Å². The topological polar surface area (TPSA) is 71.5 Å². The molecule has 1 aliphatic rings. The van der Waals surface area contributed by atoms with Crippen LogP contribution in [0.3, 0.4) is 0 Å². The molecule has 1 aromatic heterocycles. The van der Waals surface area contributed by atoms with Crippen molar-refractivity contribution in [2.45, 2.75) is 12.8 Å². The summed E-state index contributed by atoms with van der Waals surface area (Å²) in [6.45, 7) is -0.881. The molecule has 3 rings (SSSR count). The molecule has 0 unspecified atom stereocenters. The summed E-state index contributed by atoms with van der Waals surface area (Å²) < 4.78 is 74.5. The maximum atomic E-state index is 13.0. The highest BCUT2D eigenvalue weighted by molar-refractivity contribution is 5.69. The van der Waals surface area contributed by atoms with Crippen LogP contribution in [0.5, 0.6) is 5.75 Å². The lowest BCUT2D eigenvalue weighted by Crippen LogP contribution is -2.36. The van der Waals surface area contributed by atoms with Crippen molar-refractivity contribution >= 4 is 23.1 Å². The summed E-state index contributed by atoms with van der Waals surface area (Å²) in [5.74, 6) is -0.838. The van der Waals surface area contributed by atoms with E-state index in [9.17, 15) is 22.0 Å². The third-order valence-corrected chi connectivity index (χ3v) is 4.13. The Kier molecular flexibility index (Phi) is 6.20. The van der Waals surface area contributed by atoms with Gasteiger partial charge in [-0.2, -0.15) is 26.9 Å². The van der Waals surface area contributed by atoms with Crippen molar-refractivity contribution in [1.29, 1.82) is 0 Å². The van der Waals surface area contributed by atoms with Gasteiger partial charge in [0, 0.05) is 38.1 Å². The lowest BCUT2D eigenvalue weighted by atomic mass is 10.2. The van der Waals surface area contributed by atoms with Gasteiger partial charge in [0.05, 0.1) is 18.9 Å². The van der Waals surface area contributed by atoms with Crippen LogP contribution in [0.2, 0.25) is 0 Å². The molecule has 12 heteroatoms. The molecule has 0 atom stereocenters. The average molecular weight is 419 g/mol. The van der Waals surface area contributed by atoms with Crippen molar-refractivity contribution in [3.05, 3.63) is 30.0 Å². The summed E-state index contributed by atoms with van der Waals surface area (Å²) in [6, 6.07) is 4.57. The molecule has 0 bridgehead atoms. The van der Waals surface area contributed by atoms with Gasteiger partial charge in [0.2, 0.25) is 5.95 Å². The number of alkyl halides is 5. The van der Waals surface area contributed by atoms with Gasteiger partial charge in [-0.3, -0.25) is 0 Å². The molecule has 0 spiro atoms. The van der Waals surface area contributed by atoms with E-state index in [1.54, 1.807) is 6.07 Å². The zero-order valence-electron chi connectivity index (χ0n) is 15.3. The molecule has 2 aromatic rings. The third-order valence-electron chi connectivity index (χ3n) is 4.13. The standard InChI is InChI=1S/C17H18F5N5O2/c1-23-14-11(17(20,21)22)9-24-16(26-14)25-12-3-2-10(8-13(12)29-15(18)19)27-4-6-28-7-5-27/h2-3,8-9,15H,4-7H2,1H3,(H2,23,24,25,26). The molecule has 0 saturated carbocycles. The molecule has 1 saturated heterocycles. The number of morpholine rings is 1. The van der Waals surface area contributed by atoms with Crippen LogP contribution in [0.15, 0.2) is 24.4 Å². The molecular formula is C17H18F5N5O2. The third kappa shape index (κ3) is 5.13. The van der Waals surface area contributed by atoms with Crippen LogP contribution < -0.4 is 20.3 Å². The highest BCUT2D eigenvalue weighted by Crippen LogP contribution is 2.36. The van der Waals surface area contributed by atoms with Gasteiger partial charge in [0.1, 0.15) is 11.4 Å². The molecule has 2 heterocycles. The first-order valence-corrected chi connectivity index (χ1v) is 8.58. The minimum Gasteiger partial charge on any atom is -0.433 e. The second-order valence-corrected chi connectivity index (χ2v) is 5.99. The Morgan fingerprint density at radius 2 is 1.93 bits per heavy atom.